The van der Waals surface area contributed by atoms with Crippen LogP contribution >= 0.6 is 0 Å². The Morgan fingerprint density at radius 3 is 2.48 bits per heavy atom. The van der Waals surface area contributed by atoms with E-state index in [4.69, 9.17) is 0 Å². The predicted molar refractivity (Wildman–Crippen MR) is 98.1 cm³/mol. The number of fused-ring (bicyclic) bond motifs is 1. The van der Waals surface area contributed by atoms with Gasteiger partial charge < -0.3 is 10.3 Å². The molecular weight excluding hydrogens is 338 g/mol. The Morgan fingerprint density at radius 2 is 1.88 bits per heavy atom. The Bertz CT molecular complexity index is 907. The van der Waals surface area contributed by atoms with Crippen molar-refractivity contribution < 1.29 is 13.2 Å². The molecule has 1 amide bonds. The Balaban J connectivity index is 2.03. The first-order valence-electron chi connectivity index (χ1n) is 8.58. The number of sulfonamides is 1. The van der Waals surface area contributed by atoms with E-state index in [1.165, 1.54) is 0 Å². The Hall–Kier alpha value is -1.86. The first-order valence-corrected chi connectivity index (χ1v) is 10.0. The van der Waals surface area contributed by atoms with Gasteiger partial charge >= 0.3 is 0 Å². The summed E-state index contributed by atoms with van der Waals surface area (Å²) in [6, 6.07) is 5.02. The van der Waals surface area contributed by atoms with Gasteiger partial charge in [0.05, 0.1) is 4.90 Å². The molecule has 1 aliphatic rings. The molecule has 6 nitrogen and oxygen atoms in total. The van der Waals surface area contributed by atoms with Crippen LogP contribution in [0.2, 0.25) is 0 Å². The standard InChI is InChI=1S/C18H25N3O3S/c1-11-7-12(2)10-21(9-11)25(23,24)14-5-6-16-15(8-14)13(3)17(20-16)18(22)19-4/h5-6,8,11-12,20H,7,9-10H2,1-4H3,(H,19,22). The summed E-state index contributed by atoms with van der Waals surface area (Å²) in [4.78, 5) is 15.3. The van der Waals surface area contributed by atoms with Crippen LogP contribution in [0.5, 0.6) is 0 Å². The number of piperidine rings is 1. The lowest BCUT2D eigenvalue weighted by molar-refractivity contribution is 0.0958. The number of aromatic nitrogens is 1. The Kier molecular flexibility index (Phi) is 4.64. The number of aryl methyl sites for hydroxylation is 1. The van der Waals surface area contributed by atoms with Crippen LogP contribution in [0.4, 0.5) is 0 Å². The number of rotatable bonds is 3. The molecule has 0 bridgehead atoms. The van der Waals surface area contributed by atoms with Crippen LogP contribution in [0.1, 0.15) is 36.3 Å². The number of amides is 1. The second kappa shape index (κ2) is 6.46. The van der Waals surface area contributed by atoms with Crippen LogP contribution in [0.15, 0.2) is 23.1 Å². The first kappa shape index (κ1) is 17.9. The van der Waals surface area contributed by atoms with Crippen molar-refractivity contribution in [3.63, 3.8) is 0 Å². The van der Waals surface area contributed by atoms with E-state index in [2.05, 4.69) is 24.1 Å². The number of benzene rings is 1. The molecule has 2 atom stereocenters. The summed E-state index contributed by atoms with van der Waals surface area (Å²) in [5.74, 6) is 0.504. The zero-order valence-electron chi connectivity index (χ0n) is 15.1. The summed E-state index contributed by atoms with van der Waals surface area (Å²) in [7, 11) is -1.96. The molecule has 0 saturated carbocycles. The lowest BCUT2D eigenvalue weighted by Crippen LogP contribution is -2.42. The van der Waals surface area contributed by atoms with E-state index >= 15 is 0 Å². The molecule has 1 fully saturated rings. The van der Waals surface area contributed by atoms with Crippen LogP contribution < -0.4 is 5.32 Å². The highest BCUT2D eigenvalue weighted by Gasteiger charge is 2.32. The summed E-state index contributed by atoms with van der Waals surface area (Å²) in [6.07, 6.45) is 1.05. The molecule has 0 radical (unpaired) electrons. The number of H-pyrrole nitrogens is 1. The molecule has 2 heterocycles. The van der Waals surface area contributed by atoms with E-state index in [1.807, 2.05) is 6.92 Å². The van der Waals surface area contributed by atoms with Gasteiger partial charge in [0.1, 0.15) is 5.69 Å². The number of nitrogens with zero attached hydrogens (tertiary/aromatic N) is 1. The molecule has 3 rings (SSSR count). The third-order valence-electron chi connectivity index (χ3n) is 4.96. The molecule has 0 spiro atoms. The Morgan fingerprint density at radius 1 is 1.24 bits per heavy atom. The number of carbonyl (C=O) groups excluding carboxylic acids is 1. The molecule has 2 aromatic rings. The highest BCUT2D eigenvalue weighted by molar-refractivity contribution is 7.89. The van der Waals surface area contributed by atoms with E-state index in [9.17, 15) is 13.2 Å². The largest absolute Gasteiger partial charge is 0.354 e. The van der Waals surface area contributed by atoms with Crippen LogP contribution in [0, 0.1) is 18.8 Å². The van der Waals surface area contributed by atoms with Gasteiger partial charge in [0.15, 0.2) is 0 Å². The van der Waals surface area contributed by atoms with E-state index in [-0.39, 0.29) is 10.8 Å². The summed E-state index contributed by atoms with van der Waals surface area (Å²) >= 11 is 0. The molecule has 0 aliphatic carbocycles. The average molecular weight is 363 g/mol. The van der Waals surface area contributed by atoms with Crippen molar-refractivity contribution in [1.82, 2.24) is 14.6 Å². The molecular formula is C18H25N3O3S. The smallest absolute Gasteiger partial charge is 0.267 e. The highest BCUT2D eigenvalue weighted by atomic mass is 32.2. The van der Waals surface area contributed by atoms with Crippen LogP contribution in [0.3, 0.4) is 0 Å². The number of hydrogen-bond acceptors (Lipinski definition) is 3. The minimum absolute atomic E-state index is 0.211. The van der Waals surface area contributed by atoms with Gasteiger partial charge in [0.2, 0.25) is 10.0 Å². The van der Waals surface area contributed by atoms with Gasteiger partial charge in [0, 0.05) is 31.0 Å². The topological polar surface area (TPSA) is 82.3 Å². The molecule has 1 aliphatic heterocycles. The normalized spacial score (nSPS) is 22.2. The van der Waals surface area contributed by atoms with Crippen LogP contribution in [-0.4, -0.2) is 43.8 Å². The Labute approximate surface area is 148 Å². The molecule has 136 valence electrons. The highest BCUT2D eigenvalue weighted by Crippen LogP contribution is 2.29. The summed E-state index contributed by atoms with van der Waals surface area (Å²) in [5.41, 5.74) is 1.98. The van der Waals surface area contributed by atoms with Crippen molar-refractivity contribution >= 4 is 26.8 Å². The second-order valence-electron chi connectivity index (χ2n) is 7.18. The summed E-state index contributed by atoms with van der Waals surface area (Å²) in [6.45, 7) is 7.12. The number of carbonyl (C=O) groups is 1. The minimum Gasteiger partial charge on any atom is -0.354 e. The lowest BCUT2D eigenvalue weighted by atomic mass is 9.94. The van der Waals surface area contributed by atoms with Gasteiger partial charge in [-0.3, -0.25) is 4.79 Å². The van der Waals surface area contributed by atoms with Crippen molar-refractivity contribution in [2.24, 2.45) is 11.8 Å². The second-order valence-corrected chi connectivity index (χ2v) is 9.12. The van der Waals surface area contributed by atoms with Crippen molar-refractivity contribution in [2.75, 3.05) is 20.1 Å². The number of hydrogen-bond donors (Lipinski definition) is 2. The third kappa shape index (κ3) is 3.18. The monoisotopic (exact) mass is 363 g/mol. The fraction of sp³-hybridized carbons (Fsp3) is 0.500. The van der Waals surface area contributed by atoms with Crippen molar-refractivity contribution in [1.29, 1.82) is 0 Å². The predicted octanol–water partition coefficient (Wildman–Crippen LogP) is 2.50. The third-order valence-corrected chi connectivity index (χ3v) is 6.78. The van der Waals surface area contributed by atoms with Crippen molar-refractivity contribution in [3.8, 4) is 0 Å². The van der Waals surface area contributed by atoms with E-state index in [0.717, 1.165) is 22.9 Å². The van der Waals surface area contributed by atoms with Crippen molar-refractivity contribution in [3.05, 3.63) is 29.5 Å². The van der Waals surface area contributed by atoms with Gasteiger partial charge in [-0.05, 0) is 48.9 Å². The lowest BCUT2D eigenvalue weighted by Gasteiger charge is -2.34. The summed E-state index contributed by atoms with van der Waals surface area (Å²) < 4.78 is 27.7. The maximum atomic E-state index is 13.1. The van der Waals surface area contributed by atoms with Crippen molar-refractivity contribution in [2.45, 2.75) is 32.1 Å². The number of aromatic amines is 1. The SMILES string of the molecule is CNC(=O)c1[nH]c2ccc(S(=O)(=O)N3CC(C)CC(C)C3)cc2c1C. The fourth-order valence-corrected chi connectivity index (χ4v) is 5.48. The first-order chi connectivity index (χ1) is 11.7. The van der Waals surface area contributed by atoms with Gasteiger partial charge in [-0.2, -0.15) is 4.31 Å². The molecule has 1 aromatic carbocycles. The molecule has 2 unspecified atom stereocenters. The molecule has 1 saturated heterocycles. The zero-order chi connectivity index (χ0) is 18.4. The molecule has 7 heteroatoms. The van der Waals surface area contributed by atoms with E-state index in [1.54, 1.807) is 29.6 Å². The maximum Gasteiger partial charge on any atom is 0.267 e. The quantitative estimate of drug-likeness (QED) is 0.879. The van der Waals surface area contributed by atoms with Gasteiger partial charge in [-0.25, -0.2) is 8.42 Å². The van der Waals surface area contributed by atoms with E-state index in [0.29, 0.717) is 30.6 Å². The fourth-order valence-electron chi connectivity index (χ4n) is 3.77. The molecule has 25 heavy (non-hydrogen) atoms. The van der Waals surface area contributed by atoms with Crippen LogP contribution in [-0.2, 0) is 10.0 Å². The summed E-state index contributed by atoms with van der Waals surface area (Å²) in [5, 5.41) is 3.35. The molecule has 1 aromatic heterocycles. The van der Waals surface area contributed by atoms with Crippen LogP contribution in [0.25, 0.3) is 10.9 Å². The molecule has 2 N–H and O–H groups in total. The maximum absolute atomic E-state index is 13.1. The number of nitrogens with one attached hydrogen (secondary N) is 2. The zero-order valence-corrected chi connectivity index (χ0v) is 15.9. The average Bonchev–Trinajstić information content (AvgIpc) is 2.89. The van der Waals surface area contributed by atoms with Gasteiger partial charge in [0.25, 0.3) is 5.91 Å². The minimum atomic E-state index is -3.53. The van der Waals surface area contributed by atoms with Gasteiger partial charge in [-0.15, -0.1) is 0 Å². The van der Waals surface area contributed by atoms with Gasteiger partial charge in [-0.1, -0.05) is 13.8 Å². The van der Waals surface area contributed by atoms with E-state index < -0.39 is 10.0 Å².